The lowest BCUT2D eigenvalue weighted by Crippen LogP contribution is -2.16. The average molecular weight is 499 g/mol. The molecule has 10 nitrogen and oxygen atoms in total. The van der Waals surface area contributed by atoms with Gasteiger partial charge in [-0.05, 0) is 37.1 Å². The van der Waals surface area contributed by atoms with Crippen molar-refractivity contribution in [3.8, 4) is 23.0 Å². The number of phenolic OH excluding ortho intramolecular Hbond substituents is 4. The number of aromatic hydroxyl groups is 4. The monoisotopic (exact) mass is 498 g/mol. The molecule has 6 N–H and O–H groups in total. The standard InChI is InChI=1S/C26H34N4O6/c31-21-13-11-19(23(33)15-21)17-27-29-25(35)9-7-5-3-1-2-4-6-8-10-26(36)30-28-18-20-12-14-22(32)16-24(20)34/h11-18,31-34H,1-10H2,(H,29,35)(H,30,36)/b27-17+,28-18+. The first-order valence-electron chi connectivity index (χ1n) is 12.0. The quantitative estimate of drug-likeness (QED) is 0.123. The number of rotatable bonds is 15. The van der Waals surface area contributed by atoms with E-state index in [1.807, 2.05) is 0 Å². The molecule has 2 aromatic carbocycles. The second-order valence-corrected chi connectivity index (χ2v) is 8.40. The number of hydrogen-bond donors (Lipinski definition) is 6. The summed E-state index contributed by atoms with van der Waals surface area (Å²) in [5.74, 6) is -0.704. The molecule has 0 heterocycles. The zero-order valence-electron chi connectivity index (χ0n) is 20.2. The van der Waals surface area contributed by atoms with Gasteiger partial charge in [0.15, 0.2) is 0 Å². The van der Waals surface area contributed by atoms with Crippen molar-refractivity contribution in [1.29, 1.82) is 0 Å². The molecule has 0 atom stereocenters. The largest absolute Gasteiger partial charge is 0.508 e. The van der Waals surface area contributed by atoms with Gasteiger partial charge in [0.25, 0.3) is 0 Å². The fourth-order valence-electron chi connectivity index (χ4n) is 3.37. The molecular formula is C26H34N4O6. The number of phenols is 4. The molecule has 0 saturated heterocycles. The predicted octanol–water partition coefficient (Wildman–Crippen LogP) is 4.01. The highest BCUT2D eigenvalue weighted by Gasteiger charge is 2.03. The van der Waals surface area contributed by atoms with Crippen LogP contribution in [0, 0.1) is 0 Å². The maximum absolute atomic E-state index is 11.8. The maximum atomic E-state index is 11.8. The number of hydrazone groups is 2. The lowest BCUT2D eigenvalue weighted by atomic mass is 10.1. The molecule has 0 unspecified atom stereocenters. The van der Waals surface area contributed by atoms with Crippen molar-refractivity contribution in [3.05, 3.63) is 47.5 Å². The van der Waals surface area contributed by atoms with Crippen LogP contribution in [0.15, 0.2) is 46.6 Å². The summed E-state index contributed by atoms with van der Waals surface area (Å²) in [5, 5.41) is 45.4. The second kappa shape index (κ2) is 15.8. The van der Waals surface area contributed by atoms with Crippen LogP contribution in [0.25, 0.3) is 0 Å². The van der Waals surface area contributed by atoms with Crippen LogP contribution in [0.4, 0.5) is 0 Å². The molecule has 2 rings (SSSR count). The minimum atomic E-state index is -0.188. The summed E-state index contributed by atoms with van der Waals surface area (Å²) in [6.07, 6.45) is 11.1. The molecule has 0 aliphatic rings. The van der Waals surface area contributed by atoms with Gasteiger partial charge >= 0.3 is 0 Å². The number of nitrogens with zero attached hydrogens (tertiary/aromatic N) is 2. The van der Waals surface area contributed by atoms with Gasteiger partial charge in [-0.2, -0.15) is 10.2 Å². The van der Waals surface area contributed by atoms with Crippen molar-refractivity contribution < 1.29 is 30.0 Å². The zero-order valence-corrected chi connectivity index (χ0v) is 20.2. The molecule has 0 saturated carbocycles. The summed E-state index contributed by atoms with van der Waals surface area (Å²) in [7, 11) is 0. The molecule has 0 fully saturated rings. The number of unbranched alkanes of at least 4 members (excludes halogenated alkanes) is 7. The van der Waals surface area contributed by atoms with Gasteiger partial charge in [-0.15, -0.1) is 0 Å². The highest BCUT2D eigenvalue weighted by Crippen LogP contribution is 2.21. The van der Waals surface area contributed by atoms with E-state index >= 15 is 0 Å². The molecule has 0 aliphatic heterocycles. The lowest BCUT2D eigenvalue weighted by molar-refractivity contribution is -0.122. The van der Waals surface area contributed by atoms with Crippen LogP contribution in [-0.2, 0) is 9.59 Å². The van der Waals surface area contributed by atoms with Gasteiger partial charge in [0.2, 0.25) is 11.8 Å². The Labute approximate surface area is 210 Å². The van der Waals surface area contributed by atoms with E-state index in [9.17, 15) is 30.0 Å². The van der Waals surface area contributed by atoms with Crippen LogP contribution < -0.4 is 10.9 Å². The molecule has 36 heavy (non-hydrogen) atoms. The molecule has 2 amide bonds. The number of carbonyl (C=O) groups is 2. The van der Waals surface area contributed by atoms with Crippen molar-refractivity contribution in [2.45, 2.75) is 64.2 Å². The number of hydrogen-bond acceptors (Lipinski definition) is 8. The smallest absolute Gasteiger partial charge is 0.240 e. The number of benzene rings is 2. The Morgan fingerprint density at radius 3 is 1.33 bits per heavy atom. The van der Waals surface area contributed by atoms with E-state index < -0.39 is 0 Å². The minimum absolute atomic E-state index is 0.0475. The summed E-state index contributed by atoms with van der Waals surface area (Å²) < 4.78 is 0. The van der Waals surface area contributed by atoms with Gasteiger partial charge in [0.05, 0.1) is 12.4 Å². The van der Waals surface area contributed by atoms with E-state index in [1.54, 1.807) is 0 Å². The highest BCUT2D eigenvalue weighted by molar-refractivity contribution is 5.86. The van der Waals surface area contributed by atoms with Gasteiger partial charge in [0, 0.05) is 36.1 Å². The van der Waals surface area contributed by atoms with Gasteiger partial charge in [-0.25, -0.2) is 10.9 Å². The Morgan fingerprint density at radius 2 is 0.972 bits per heavy atom. The SMILES string of the molecule is O=C(CCCCCCCCCCC(=O)N/N=C/c1ccc(O)cc1O)N/N=C/c1ccc(O)cc1O. The van der Waals surface area contributed by atoms with Crippen molar-refractivity contribution in [1.82, 2.24) is 10.9 Å². The highest BCUT2D eigenvalue weighted by atomic mass is 16.3. The van der Waals surface area contributed by atoms with Gasteiger partial charge < -0.3 is 20.4 Å². The van der Waals surface area contributed by atoms with E-state index in [-0.39, 0.29) is 34.8 Å². The van der Waals surface area contributed by atoms with E-state index in [1.165, 1.54) is 48.8 Å². The van der Waals surface area contributed by atoms with E-state index in [0.29, 0.717) is 24.0 Å². The van der Waals surface area contributed by atoms with Gasteiger partial charge in [-0.1, -0.05) is 38.5 Å². The van der Waals surface area contributed by atoms with Crippen LogP contribution in [0.5, 0.6) is 23.0 Å². The first-order chi connectivity index (χ1) is 17.3. The molecule has 194 valence electrons. The van der Waals surface area contributed by atoms with Gasteiger partial charge in [0.1, 0.15) is 23.0 Å². The Kier molecular flexibility index (Phi) is 12.3. The van der Waals surface area contributed by atoms with E-state index in [2.05, 4.69) is 21.1 Å². The number of carbonyl (C=O) groups excluding carboxylic acids is 2. The summed E-state index contributed by atoms with van der Waals surface area (Å²) in [6, 6.07) is 8.24. The molecule has 0 spiro atoms. The Morgan fingerprint density at radius 1 is 0.611 bits per heavy atom. The zero-order chi connectivity index (χ0) is 26.2. The first kappa shape index (κ1) is 28.2. The number of nitrogens with one attached hydrogen (secondary N) is 2. The average Bonchev–Trinajstić information content (AvgIpc) is 2.83. The molecule has 0 aromatic heterocycles. The maximum Gasteiger partial charge on any atom is 0.240 e. The molecule has 10 heteroatoms. The molecule has 2 aromatic rings. The summed E-state index contributed by atoms with van der Waals surface area (Å²) >= 11 is 0. The van der Waals surface area contributed by atoms with Crippen LogP contribution in [0.3, 0.4) is 0 Å². The third-order valence-electron chi connectivity index (χ3n) is 5.37. The fraction of sp³-hybridized carbons (Fsp3) is 0.385. The van der Waals surface area contributed by atoms with Crippen molar-refractivity contribution in [2.75, 3.05) is 0 Å². The summed E-state index contributed by atoms with van der Waals surface area (Å²) in [4.78, 5) is 23.6. The third kappa shape index (κ3) is 11.4. The molecule has 0 radical (unpaired) electrons. The Balaban J connectivity index is 1.43. The van der Waals surface area contributed by atoms with Crippen molar-refractivity contribution >= 4 is 24.2 Å². The predicted molar refractivity (Wildman–Crippen MR) is 137 cm³/mol. The minimum Gasteiger partial charge on any atom is -0.508 e. The summed E-state index contributed by atoms with van der Waals surface area (Å²) in [5.41, 5.74) is 5.65. The van der Waals surface area contributed by atoms with E-state index in [4.69, 9.17) is 0 Å². The van der Waals surface area contributed by atoms with Crippen LogP contribution >= 0.6 is 0 Å². The second-order valence-electron chi connectivity index (χ2n) is 8.40. The topological polar surface area (TPSA) is 164 Å². The number of amides is 2. The summed E-state index contributed by atoms with van der Waals surface area (Å²) in [6.45, 7) is 0. The van der Waals surface area contributed by atoms with Crippen LogP contribution in [0.2, 0.25) is 0 Å². The van der Waals surface area contributed by atoms with Crippen molar-refractivity contribution in [3.63, 3.8) is 0 Å². The molecular weight excluding hydrogens is 464 g/mol. The van der Waals surface area contributed by atoms with E-state index in [0.717, 1.165) is 51.4 Å². The normalized spacial score (nSPS) is 11.2. The Bertz CT molecular complexity index is 971. The molecule has 0 bridgehead atoms. The fourth-order valence-corrected chi connectivity index (χ4v) is 3.37. The van der Waals surface area contributed by atoms with Crippen LogP contribution in [-0.4, -0.2) is 44.7 Å². The molecule has 0 aliphatic carbocycles. The third-order valence-corrected chi connectivity index (χ3v) is 5.37. The first-order valence-corrected chi connectivity index (χ1v) is 12.0. The van der Waals surface area contributed by atoms with Crippen molar-refractivity contribution in [2.24, 2.45) is 10.2 Å². The van der Waals surface area contributed by atoms with Gasteiger partial charge in [-0.3, -0.25) is 9.59 Å². The Hall–Kier alpha value is -4.08. The van der Waals surface area contributed by atoms with Crippen LogP contribution in [0.1, 0.15) is 75.3 Å². The lowest BCUT2D eigenvalue weighted by Gasteiger charge is -2.03.